The van der Waals surface area contributed by atoms with E-state index in [4.69, 9.17) is 0 Å². The average molecular weight is 444 g/mol. The van der Waals surface area contributed by atoms with E-state index in [2.05, 4.69) is 49.1 Å². The molecule has 0 aliphatic heterocycles. The third-order valence-corrected chi connectivity index (χ3v) is 6.94. The first-order valence-corrected chi connectivity index (χ1v) is 14.6. The molecule has 0 amide bonds. The molecule has 1 nitrogen and oxygen atoms in total. The van der Waals surface area contributed by atoms with E-state index in [1.165, 1.54) is 154 Å². The van der Waals surface area contributed by atoms with Crippen LogP contribution in [0.5, 0.6) is 0 Å². The van der Waals surface area contributed by atoms with Gasteiger partial charge in [-0.15, -0.1) is 0 Å². The SMILES string of the molecule is CCCCCCCCCCCCN(CCCC)CCCCCCCCCc1ccccc1. The van der Waals surface area contributed by atoms with Gasteiger partial charge in [0.25, 0.3) is 0 Å². The minimum atomic E-state index is 1.26. The van der Waals surface area contributed by atoms with Crippen molar-refractivity contribution in [1.29, 1.82) is 0 Å². The van der Waals surface area contributed by atoms with Gasteiger partial charge in [-0.25, -0.2) is 0 Å². The van der Waals surface area contributed by atoms with Gasteiger partial charge in [0.15, 0.2) is 0 Å². The zero-order chi connectivity index (χ0) is 23.0. The summed E-state index contributed by atoms with van der Waals surface area (Å²) in [7, 11) is 0. The highest BCUT2D eigenvalue weighted by Crippen LogP contribution is 2.13. The Balaban J connectivity index is 1.93. The first-order valence-electron chi connectivity index (χ1n) is 14.6. The van der Waals surface area contributed by atoms with Crippen LogP contribution in [-0.2, 0) is 6.42 Å². The van der Waals surface area contributed by atoms with E-state index in [0.717, 1.165) is 0 Å². The third kappa shape index (κ3) is 18.7. The van der Waals surface area contributed by atoms with Gasteiger partial charge in [-0.1, -0.05) is 140 Å². The summed E-state index contributed by atoms with van der Waals surface area (Å²) in [5.41, 5.74) is 1.50. The molecule has 0 aromatic heterocycles. The third-order valence-electron chi connectivity index (χ3n) is 6.94. The lowest BCUT2D eigenvalue weighted by molar-refractivity contribution is 0.256. The zero-order valence-corrected chi connectivity index (χ0v) is 22.1. The van der Waals surface area contributed by atoms with Gasteiger partial charge < -0.3 is 4.90 Å². The molecule has 32 heavy (non-hydrogen) atoms. The molecule has 0 atom stereocenters. The monoisotopic (exact) mass is 443 g/mol. The minimum Gasteiger partial charge on any atom is -0.303 e. The van der Waals surface area contributed by atoms with E-state index in [-0.39, 0.29) is 0 Å². The number of rotatable bonds is 24. The van der Waals surface area contributed by atoms with Gasteiger partial charge in [0.05, 0.1) is 0 Å². The van der Waals surface area contributed by atoms with Crippen molar-refractivity contribution in [3.63, 3.8) is 0 Å². The van der Waals surface area contributed by atoms with E-state index in [1.54, 1.807) is 0 Å². The van der Waals surface area contributed by atoms with Gasteiger partial charge in [0.2, 0.25) is 0 Å². The van der Waals surface area contributed by atoms with Crippen LogP contribution in [0.4, 0.5) is 0 Å². The molecule has 0 saturated heterocycles. The van der Waals surface area contributed by atoms with Crippen molar-refractivity contribution in [3.05, 3.63) is 35.9 Å². The molecular weight excluding hydrogens is 386 g/mol. The van der Waals surface area contributed by atoms with Crippen molar-refractivity contribution in [1.82, 2.24) is 4.90 Å². The molecule has 0 radical (unpaired) electrons. The molecule has 0 N–H and O–H groups in total. The maximum Gasteiger partial charge on any atom is -0.00187 e. The molecule has 1 heteroatoms. The summed E-state index contributed by atoms with van der Waals surface area (Å²) in [6, 6.07) is 11.0. The Bertz CT molecular complexity index is 469. The maximum absolute atomic E-state index is 2.77. The van der Waals surface area contributed by atoms with Gasteiger partial charge >= 0.3 is 0 Å². The fourth-order valence-electron chi connectivity index (χ4n) is 4.73. The van der Waals surface area contributed by atoms with Crippen LogP contribution in [0.1, 0.15) is 141 Å². The molecule has 1 rings (SSSR count). The van der Waals surface area contributed by atoms with Crippen LogP contribution in [0, 0.1) is 0 Å². The lowest BCUT2D eigenvalue weighted by atomic mass is 10.0. The van der Waals surface area contributed by atoms with Crippen LogP contribution in [-0.4, -0.2) is 24.5 Å². The van der Waals surface area contributed by atoms with Crippen LogP contribution in [0.15, 0.2) is 30.3 Å². The van der Waals surface area contributed by atoms with Crippen LogP contribution < -0.4 is 0 Å². The molecule has 0 fully saturated rings. The molecule has 1 aromatic carbocycles. The summed E-state index contributed by atoms with van der Waals surface area (Å²) in [5.74, 6) is 0. The Morgan fingerprint density at radius 2 is 0.844 bits per heavy atom. The number of benzene rings is 1. The minimum absolute atomic E-state index is 1.26. The van der Waals surface area contributed by atoms with Crippen molar-refractivity contribution in [3.8, 4) is 0 Å². The van der Waals surface area contributed by atoms with Crippen molar-refractivity contribution in [2.24, 2.45) is 0 Å². The Hall–Kier alpha value is -0.820. The second kappa shape index (κ2) is 23.3. The fraction of sp³-hybridized carbons (Fsp3) is 0.806. The van der Waals surface area contributed by atoms with E-state index in [1.807, 2.05) is 0 Å². The number of aryl methyl sites for hydroxylation is 1. The Labute approximate surface area is 202 Å². The molecule has 1 aromatic rings. The van der Waals surface area contributed by atoms with Crippen molar-refractivity contribution >= 4 is 0 Å². The summed E-state index contributed by atoms with van der Waals surface area (Å²) in [6.45, 7) is 8.64. The largest absolute Gasteiger partial charge is 0.303 e. The zero-order valence-electron chi connectivity index (χ0n) is 22.1. The normalized spacial score (nSPS) is 11.5. The molecular formula is C31H57N. The number of unbranched alkanes of at least 4 members (excludes halogenated alkanes) is 16. The number of hydrogen-bond donors (Lipinski definition) is 0. The smallest absolute Gasteiger partial charge is 0.00187 e. The van der Waals surface area contributed by atoms with Crippen LogP contribution >= 0.6 is 0 Å². The predicted octanol–water partition coefficient (Wildman–Crippen LogP) is 9.98. The second-order valence-electron chi connectivity index (χ2n) is 10.1. The number of hydrogen-bond acceptors (Lipinski definition) is 1. The fourth-order valence-corrected chi connectivity index (χ4v) is 4.73. The van der Waals surface area contributed by atoms with Crippen molar-refractivity contribution in [2.45, 2.75) is 142 Å². The molecule has 0 aliphatic carbocycles. The first-order chi connectivity index (χ1) is 15.9. The van der Waals surface area contributed by atoms with Crippen LogP contribution in [0.2, 0.25) is 0 Å². The number of nitrogens with zero attached hydrogens (tertiary/aromatic N) is 1. The van der Waals surface area contributed by atoms with E-state index in [9.17, 15) is 0 Å². The van der Waals surface area contributed by atoms with Gasteiger partial charge in [-0.2, -0.15) is 0 Å². The summed E-state index contributed by atoms with van der Waals surface area (Å²) in [4.78, 5) is 2.77. The highest BCUT2D eigenvalue weighted by molar-refractivity contribution is 5.14. The highest BCUT2D eigenvalue weighted by atomic mass is 15.1. The van der Waals surface area contributed by atoms with Crippen molar-refractivity contribution in [2.75, 3.05) is 19.6 Å². The van der Waals surface area contributed by atoms with Gasteiger partial charge in [-0.05, 0) is 57.3 Å². The lowest BCUT2D eigenvalue weighted by Crippen LogP contribution is -2.27. The molecule has 0 bridgehead atoms. The summed E-state index contributed by atoms with van der Waals surface area (Å²) in [6.07, 6.45) is 28.3. The van der Waals surface area contributed by atoms with Crippen LogP contribution in [0.25, 0.3) is 0 Å². The van der Waals surface area contributed by atoms with Gasteiger partial charge in [0, 0.05) is 0 Å². The lowest BCUT2D eigenvalue weighted by Gasteiger charge is -2.22. The molecule has 0 heterocycles. The van der Waals surface area contributed by atoms with Crippen molar-refractivity contribution < 1.29 is 0 Å². The summed E-state index contributed by atoms with van der Waals surface area (Å²) < 4.78 is 0. The standard InChI is InChI=1S/C31H57N/c1-3-5-7-8-9-10-11-14-17-23-29-32(28-6-4-2)30-24-18-15-12-13-16-20-25-31-26-21-19-22-27-31/h19,21-22,26-27H,3-18,20,23-25,28-30H2,1-2H3. The molecule has 0 unspecified atom stereocenters. The Kier molecular flexibility index (Phi) is 21.3. The Morgan fingerprint density at radius 1 is 0.438 bits per heavy atom. The second-order valence-corrected chi connectivity index (χ2v) is 10.1. The van der Waals surface area contributed by atoms with E-state index in [0.29, 0.717) is 0 Å². The summed E-state index contributed by atoms with van der Waals surface area (Å²) in [5, 5.41) is 0. The summed E-state index contributed by atoms with van der Waals surface area (Å²) >= 11 is 0. The molecule has 0 saturated carbocycles. The highest BCUT2D eigenvalue weighted by Gasteiger charge is 2.04. The van der Waals surface area contributed by atoms with Gasteiger partial charge in [-0.3, -0.25) is 0 Å². The first kappa shape index (κ1) is 29.2. The van der Waals surface area contributed by atoms with Gasteiger partial charge in [0.1, 0.15) is 0 Å². The van der Waals surface area contributed by atoms with E-state index >= 15 is 0 Å². The average Bonchev–Trinajstić information content (AvgIpc) is 2.82. The van der Waals surface area contributed by atoms with Crippen LogP contribution in [0.3, 0.4) is 0 Å². The maximum atomic E-state index is 2.77. The Morgan fingerprint density at radius 3 is 1.34 bits per heavy atom. The van der Waals surface area contributed by atoms with E-state index < -0.39 is 0 Å². The predicted molar refractivity (Wildman–Crippen MR) is 146 cm³/mol. The quantitative estimate of drug-likeness (QED) is 0.144. The topological polar surface area (TPSA) is 3.24 Å². The molecule has 0 aliphatic rings. The molecule has 0 spiro atoms. The molecule has 186 valence electrons.